The highest BCUT2D eigenvalue weighted by Crippen LogP contribution is 2.09. The minimum atomic E-state index is 0.811. The largest absolute Gasteiger partial charge is 0.299 e. The van der Waals surface area contributed by atoms with Crippen molar-refractivity contribution in [1.29, 1.82) is 0 Å². The summed E-state index contributed by atoms with van der Waals surface area (Å²) in [6.07, 6.45) is 16.4. The fourth-order valence-electron chi connectivity index (χ4n) is 2.56. The van der Waals surface area contributed by atoms with Crippen LogP contribution in [0.25, 0.3) is 0 Å². The van der Waals surface area contributed by atoms with Crippen LogP contribution in [0.3, 0.4) is 0 Å². The molecule has 122 valence electrons. The molecule has 0 aliphatic heterocycles. The van der Waals surface area contributed by atoms with Gasteiger partial charge in [0.1, 0.15) is 0 Å². The van der Waals surface area contributed by atoms with E-state index < -0.39 is 0 Å². The zero-order valence-corrected chi connectivity index (χ0v) is 14.5. The summed E-state index contributed by atoms with van der Waals surface area (Å²) in [5.74, 6) is 0. The molecule has 0 saturated heterocycles. The Kier molecular flexibility index (Phi) is 16.9. The van der Waals surface area contributed by atoms with Crippen LogP contribution in [0.5, 0.6) is 0 Å². The van der Waals surface area contributed by atoms with Crippen LogP contribution in [0, 0.1) is 0 Å². The monoisotopic (exact) mass is 285 g/mol. The number of nitrogens with zero attached hydrogens (tertiary/aromatic N) is 1. The van der Waals surface area contributed by atoms with Gasteiger partial charge in [0.05, 0.1) is 6.61 Å². The van der Waals surface area contributed by atoms with E-state index in [-0.39, 0.29) is 0 Å². The maximum absolute atomic E-state index is 5.73. The number of unbranched alkanes of at least 4 members (excludes halogenated alkanes) is 10. The quantitative estimate of drug-likeness (QED) is 0.256. The van der Waals surface area contributed by atoms with Gasteiger partial charge in [0.25, 0.3) is 0 Å². The van der Waals surface area contributed by atoms with Crippen LogP contribution in [-0.2, 0) is 4.84 Å². The molecule has 0 radical (unpaired) electrons. The van der Waals surface area contributed by atoms with Gasteiger partial charge in [-0.1, -0.05) is 78.1 Å². The average molecular weight is 286 g/mol. The molecule has 0 heterocycles. The van der Waals surface area contributed by atoms with Crippen molar-refractivity contribution >= 4 is 0 Å². The van der Waals surface area contributed by atoms with Crippen LogP contribution < -0.4 is 0 Å². The summed E-state index contributed by atoms with van der Waals surface area (Å²) in [6.45, 7) is 9.69. The van der Waals surface area contributed by atoms with Gasteiger partial charge in [-0.2, -0.15) is 5.06 Å². The van der Waals surface area contributed by atoms with Gasteiger partial charge in [0, 0.05) is 13.1 Å². The van der Waals surface area contributed by atoms with Crippen LogP contribution in [0.15, 0.2) is 0 Å². The van der Waals surface area contributed by atoms with Crippen molar-refractivity contribution in [3.05, 3.63) is 0 Å². The lowest BCUT2D eigenvalue weighted by Crippen LogP contribution is -2.26. The van der Waals surface area contributed by atoms with Gasteiger partial charge in [0.15, 0.2) is 0 Å². The standard InChI is InChI=1S/C18H39NO/c1-4-7-9-11-13-15-17-19(20-6-3)18-16-14-12-10-8-5-2/h4-18H2,1-3H3. The smallest absolute Gasteiger partial charge is 0.0656 e. The van der Waals surface area contributed by atoms with Crippen molar-refractivity contribution < 1.29 is 4.84 Å². The summed E-state index contributed by atoms with van der Waals surface area (Å²) in [4.78, 5) is 5.73. The molecule has 20 heavy (non-hydrogen) atoms. The summed E-state index contributed by atoms with van der Waals surface area (Å²) < 4.78 is 0. The van der Waals surface area contributed by atoms with E-state index in [1.54, 1.807) is 0 Å². The van der Waals surface area contributed by atoms with Crippen LogP contribution in [0.4, 0.5) is 0 Å². The Labute approximate surface area is 128 Å². The zero-order chi connectivity index (χ0) is 14.9. The van der Waals surface area contributed by atoms with E-state index in [9.17, 15) is 0 Å². The Morgan fingerprint density at radius 1 is 0.550 bits per heavy atom. The minimum absolute atomic E-state index is 0.811. The van der Waals surface area contributed by atoms with E-state index in [0.29, 0.717) is 0 Å². The van der Waals surface area contributed by atoms with Crippen molar-refractivity contribution in [3.8, 4) is 0 Å². The maximum atomic E-state index is 5.73. The molecule has 0 aromatic rings. The van der Waals surface area contributed by atoms with Gasteiger partial charge >= 0.3 is 0 Å². The first-order valence-corrected chi connectivity index (χ1v) is 9.23. The number of hydrogen-bond donors (Lipinski definition) is 0. The van der Waals surface area contributed by atoms with Crippen molar-refractivity contribution in [3.63, 3.8) is 0 Å². The van der Waals surface area contributed by atoms with Crippen LogP contribution in [-0.4, -0.2) is 24.8 Å². The lowest BCUT2D eigenvalue weighted by atomic mass is 10.1. The van der Waals surface area contributed by atoms with Crippen LogP contribution >= 0.6 is 0 Å². The molecule has 0 aliphatic rings. The Bertz CT molecular complexity index is 157. The van der Waals surface area contributed by atoms with Crippen molar-refractivity contribution in [2.24, 2.45) is 0 Å². The zero-order valence-electron chi connectivity index (χ0n) is 14.5. The number of rotatable bonds is 16. The number of hydroxylamine groups is 2. The number of hydrogen-bond acceptors (Lipinski definition) is 2. The molecule has 0 aromatic carbocycles. The minimum Gasteiger partial charge on any atom is -0.299 e. The molecular formula is C18H39NO. The first kappa shape index (κ1) is 19.9. The van der Waals surface area contributed by atoms with Crippen molar-refractivity contribution in [1.82, 2.24) is 5.06 Å². The predicted octanol–water partition coefficient (Wildman–Crippen LogP) is 5.96. The van der Waals surface area contributed by atoms with Crippen LogP contribution in [0.2, 0.25) is 0 Å². The molecule has 0 spiro atoms. The van der Waals surface area contributed by atoms with Gasteiger partial charge < -0.3 is 0 Å². The molecule has 0 bridgehead atoms. The van der Waals surface area contributed by atoms with E-state index in [2.05, 4.69) is 25.8 Å². The highest BCUT2D eigenvalue weighted by atomic mass is 16.7. The van der Waals surface area contributed by atoms with Gasteiger partial charge in [-0.15, -0.1) is 0 Å². The molecule has 0 amide bonds. The molecule has 2 nitrogen and oxygen atoms in total. The maximum Gasteiger partial charge on any atom is 0.0656 e. The van der Waals surface area contributed by atoms with E-state index in [4.69, 9.17) is 4.84 Å². The average Bonchev–Trinajstić information content (AvgIpc) is 2.46. The fraction of sp³-hybridized carbons (Fsp3) is 1.00. The van der Waals surface area contributed by atoms with Crippen molar-refractivity contribution in [2.45, 2.75) is 97.8 Å². The van der Waals surface area contributed by atoms with E-state index in [1.165, 1.54) is 77.0 Å². The molecular weight excluding hydrogens is 246 g/mol. The first-order chi connectivity index (χ1) is 9.85. The lowest BCUT2D eigenvalue weighted by molar-refractivity contribution is -0.155. The Morgan fingerprint density at radius 2 is 0.950 bits per heavy atom. The summed E-state index contributed by atoms with van der Waals surface area (Å²) >= 11 is 0. The molecule has 0 aromatic heterocycles. The molecule has 0 aliphatic carbocycles. The topological polar surface area (TPSA) is 12.5 Å². The second-order valence-corrected chi connectivity index (χ2v) is 5.88. The third-order valence-corrected chi connectivity index (χ3v) is 3.83. The van der Waals surface area contributed by atoms with Crippen LogP contribution in [0.1, 0.15) is 97.8 Å². The summed E-state index contributed by atoms with van der Waals surface area (Å²) in [6, 6.07) is 0. The normalized spacial score (nSPS) is 11.4. The SMILES string of the molecule is CCCCCCCCN(CCCCCCCC)OCC. The second-order valence-electron chi connectivity index (χ2n) is 5.88. The fourth-order valence-corrected chi connectivity index (χ4v) is 2.56. The Hall–Kier alpha value is -0.0800. The lowest BCUT2D eigenvalue weighted by Gasteiger charge is -2.21. The molecule has 0 fully saturated rings. The third kappa shape index (κ3) is 14.3. The highest BCUT2D eigenvalue weighted by Gasteiger charge is 2.04. The summed E-state index contributed by atoms with van der Waals surface area (Å²) in [5.41, 5.74) is 0. The Balaban J connectivity index is 3.45. The molecule has 2 heteroatoms. The third-order valence-electron chi connectivity index (χ3n) is 3.83. The van der Waals surface area contributed by atoms with Gasteiger partial charge in [-0.25, -0.2) is 0 Å². The first-order valence-electron chi connectivity index (χ1n) is 9.23. The Morgan fingerprint density at radius 3 is 1.35 bits per heavy atom. The molecule has 0 saturated carbocycles. The van der Waals surface area contributed by atoms with Crippen molar-refractivity contribution in [2.75, 3.05) is 19.7 Å². The molecule has 0 atom stereocenters. The molecule has 0 unspecified atom stereocenters. The summed E-state index contributed by atoms with van der Waals surface area (Å²) in [7, 11) is 0. The van der Waals surface area contributed by atoms with Gasteiger partial charge in [-0.3, -0.25) is 4.84 Å². The van der Waals surface area contributed by atoms with Gasteiger partial charge in [0.2, 0.25) is 0 Å². The molecule has 0 rings (SSSR count). The van der Waals surface area contributed by atoms with E-state index >= 15 is 0 Å². The predicted molar refractivity (Wildman–Crippen MR) is 90.0 cm³/mol. The second kappa shape index (κ2) is 17.0. The van der Waals surface area contributed by atoms with E-state index in [0.717, 1.165) is 19.7 Å². The molecule has 0 N–H and O–H groups in total. The van der Waals surface area contributed by atoms with Gasteiger partial charge in [-0.05, 0) is 19.8 Å². The van der Waals surface area contributed by atoms with E-state index in [1.807, 2.05) is 0 Å². The summed E-state index contributed by atoms with van der Waals surface area (Å²) in [5, 5.41) is 2.21. The highest BCUT2D eigenvalue weighted by molar-refractivity contribution is 4.52.